The highest BCUT2D eigenvalue weighted by atomic mass is 16.3. The lowest BCUT2D eigenvalue weighted by Gasteiger charge is -2.08. The molecule has 122 valence electrons. The summed E-state index contributed by atoms with van der Waals surface area (Å²) in [5.41, 5.74) is 2.11. The molecule has 0 aromatic heterocycles. The first-order chi connectivity index (χ1) is 11.5. The molecule has 0 aliphatic carbocycles. The van der Waals surface area contributed by atoms with Gasteiger partial charge in [-0.25, -0.2) is 0 Å². The van der Waals surface area contributed by atoms with Crippen molar-refractivity contribution in [2.45, 2.75) is 19.8 Å². The third-order valence-corrected chi connectivity index (χ3v) is 3.48. The van der Waals surface area contributed by atoms with E-state index >= 15 is 0 Å². The number of hydrogen-bond acceptors (Lipinski definition) is 4. The van der Waals surface area contributed by atoms with Crippen LogP contribution in [0.3, 0.4) is 0 Å². The molecule has 1 amide bonds. The number of carbonyl (C=O) groups excluding carboxylic acids is 1. The topological polar surface area (TPSA) is 85.2 Å². The van der Waals surface area contributed by atoms with E-state index in [0.29, 0.717) is 17.3 Å². The molecule has 0 aliphatic heterocycles. The van der Waals surface area contributed by atoms with Crippen LogP contribution in [0.1, 0.15) is 25.3 Å². The highest BCUT2D eigenvalue weighted by molar-refractivity contribution is 6.06. The summed E-state index contributed by atoms with van der Waals surface area (Å²) >= 11 is 0. The normalized spacial score (nSPS) is 11.0. The standard InChI is InChI=1S/C19H19N3O2/c1-13(2)14-7-9-16(10-8-14)22-19(24)15(11-20)12-21-17-5-3-4-6-18(17)23/h3-10,12-13,21,23H,1-2H3,(H,22,24)/b15-12-. The molecule has 0 bridgehead atoms. The molecule has 24 heavy (non-hydrogen) atoms. The summed E-state index contributed by atoms with van der Waals surface area (Å²) in [6, 6.07) is 15.9. The van der Waals surface area contributed by atoms with Crippen molar-refractivity contribution in [1.82, 2.24) is 0 Å². The number of para-hydroxylation sites is 2. The summed E-state index contributed by atoms with van der Waals surface area (Å²) in [6.07, 6.45) is 1.27. The SMILES string of the molecule is CC(C)c1ccc(NC(=O)/C(C#N)=C\Nc2ccccc2O)cc1. The van der Waals surface area contributed by atoms with Crippen molar-refractivity contribution >= 4 is 17.3 Å². The number of rotatable bonds is 5. The fourth-order valence-electron chi connectivity index (χ4n) is 2.04. The van der Waals surface area contributed by atoms with Crippen molar-refractivity contribution in [2.24, 2.45) is 0 Å². The highest BCUT2D eigenvalue weighted by Crippen LogP contribution is 2.22. The summed E-state index contributed by atoms with van der Waals surface area (Å²) in [6.45, 7) is 4.18. The number of aromatic hydroxyl groups is 1. The first kappa shape index (κ1) is 17.1. The van der Waals surface area contributed by atoms with Gasteiger partial charge in [0.1, 0.15) is 17.4 Å². The zero-order valence-corrected chi connectivity index (χ0v) is 13.6. The number of phenolic OH excluding ortho intramolecular Hbond substituents is 1. The molecule has 2 aromatic rings. The lowest BCUT2D eigenvalue weighted by molar-refractivity contribution is -0.112. The Morgan fingerprint density at radius 2 is 1.83 bits per heavy atom. The van der Waals surface area contributed by atoms with Gasteiger partial charge in [0.2, 0.25) is 0 Å². The summed E-state index contributed by atoms with van der Waals surface area (Å²) in [4.78, 5) is 12.2. The van der Waals surface area contributed by atoms with Gasteiger partial charge < -0.3 is 15.7 Å². The summed E-state index contributed by atoms with van der Waals surface area (Å²) in [7, 11) is 0. The van der Waals surface area contributed by atoms with Crippen molar-refractivity contribution < 1.29 is 9.90 Å². The zero-order valence-electron chi connectivity index (χ0n) is 13.6. The molecule has 0 atom stereocenters. The smallest absolute Gasteiger partial charge is 0.267 e. The minimum Gasteiger partial charge on any atom is -0.506 e. The molecule has 0 radical (unpaired) electrons. The quantitative estimate of drug-likeness (QED) is 0.442. The first-order valence-corrected chi connectivity index (χ1v) is 7.57. The van der Waals surface area contributed by atoms with E-state index in [4.69, 9.17) is 5.26 Å². The van der Waals surface area contributed by atoms with Crippen molar-refractivity contribution in [3.05, 3.63) is 65.9 Å². The molecular formula is C19H19N3O2. The fraction of sp³-hybridized carbons (Fsp3) is 0.158. The Labute approximate surface area is 141 Å². The average Bonchev–Trinajstić information content (AvgIpc) is 2.57. The molecule has 5 heteroatoms. The van der Waals surface area contributed by atoms with E-state index in [1.165, 1.54) is 17.8 Å². The maximum atomic E-state index is 12.2. The molecule has 0 unspecified atom stereocenters. The van der Waals surface area contributed by atoms with Crippen LogP contribution in [-0.2, 0) is 4.79 Å². The molecule has 0 heterocycles. The van der Waals surface area contributed by atoms with Crippen LogP contribution in [0.2, 0.25) is 0 Å². The van der Waals surface area contributed by atoms with E-state index in [9.17, 15) is 9.90 Å². The van der Waals surface area contributed by atoms with Gasteiger partial charge >= 0.3 is 0 Å². The number of anilines is 2. The molecule has 3 N–H and O–H groups in total. The summed E-state index contributed by atoms with van der Waals surface area (Å²) in [5, 5.41) is 24.3. The van der Waals surface area contributed by atoms with Crippen LogP contribution in [-0.4, -0.2) is 11.0 Å². The number of nitrogens with zero attached hydrogens (tertiary/aromatic N) is 1. The lowest BCUT2D eigenvalue weighted by Crippen LogP contribution is -2.14. The van der Waals surface area contributed by atoms with Crippen LogP contribution in [0.4, 0.5) is 11.4 Å². The minimum absolute atomic E-state index is 0.0377. The number of nitriles is 1. The molecule has 0 aliphatic rings. The predicted octanol–water partition coefficient (Wildman–Crippen LogP) is 3.97. The van der Waals surface area contributed by atoms with E-state index < -0.39 is 5.91 Å². The third-order valence-electron chi connectivity index (χ3n) is 3.48. The number of carbonyl (C=O) groups is 1. The van der Waals surface area contributed by atoms with Gasteiger partial charge in [-0.1, -0.05) is 38.1 Å². The number of hydrogen-bond donors (Lipinski definition) is 3. The Balaban J connectivity index is 2.07. The van der Waals surface area contributed by atoms with E-state index in [0.717, 1.165) is 0 Å². The van der Waals surface area contributed by atoms with Crippen molar-refractivity contribution in [3.8, 4) is 11.8 Å². The van der Waals surface area contributed by atoms with Gasteiger partial charge in [0, 0.05) is 11.9 Å². The second kappa shape index (κ2) is 7.84. The number of nitrogens with one attached hydrogen (secondary N) is 2. The molecule has 5 nitrogen and oxygen atoms in total. The Kier molecular flexibility index (Phi) is 5.58. The van der Waals surface area contributed by atoms with Crippen LogP contribution in [0, 0.1) is 11.3 Å². The Morgan fingerprint density at radius 1 is 1.17 bits per heavy atom. The summed E-state index contributed by atoms with van der Waals surface area (Å²) < 4.78 is 0. The van der Waals surface area contributed by atoms with Crippen LogP contribution < -0.4 is 10.6 Å². The van der Waals surface area contributed by atoms with Crippen molar-refractivity contribution in [2.75, 3.05) is 10.6 Å². The van der Waals surface area contributed by atoms with Gasteiger partial charge in [-0.2, -0.15) is 5.26 Å². The summed E-state index contributed by atoms with van der Waals surface area (Å²) in [5.74, 6) is -0.0690. The monoisotopic (exact) mass is 321 g/mol. The van der Waals surface area contributed by atoms with E-state index in [1.807, 2.05) is 18.2 Å². The minimum atomic E-state index is -0.516. The second-order valence-electron chi connectivity index (χ2n) is 5.56. The van der Waals surface area contributed by atoms with Gasteiger partial charge in [-0.05, 0) is 35.7 Å². The van der Waals surface area contributed by atoms with Gasteiger partial charge in [-0.15, -0.1) is 0 Å². The predicted molar refractivity (Wildman–Crippen MR) is 94.6 cm³/mol. The van der Waals surface area contributed by atoms with Crippen LogP contribution in [0.5, 0.6) is 5.75 Å². The Morgan fingerprint density at radius 3 is 2.42 bits per heavy atom. The van der Waals surface area contributed by atoms with Crippen LogP contribution in [0.15, 0.2) is 60.3 Å². The Bertz CT molecular complexity index is 787. The van der Waals surface area contributed by atoms with Crippen LogP contribution >= 0.6 is 0 Å². The molecule has 0 spiro atoms. The van der Waals surface area contributed by atoms with Crippen LogP contribution in [0.25, 0.3) is 0 Å². The number of benzene rings is 2. The average molecular weight is 321 g/mol. The zero-order chi connectivity index (χ0) is 17.5. The Hall–Kier alpha value is -3.26. The molecule has 0 fully saturated rings. The van der Waals surface area contributed by atoms with E-state index in [-0.39, 0.29) is 11.3 Å². The largest absolute Gasteiger partial charge is 0.506 e. The number of phenols is 1. The fourth-order valence-corrected chi connectivity index (χ4v) is 2.04. The second-order valence-corrected chi connectivity index (χ2v) is 5.56. The third kappa shape index (κ3) is 4.37. The maximum Gasteiger partial charge on any atom is 0.267 e. The number of amides is 1. The van der Waals surface area contributed by atoms with Gasteiger partial charge in [0.15, 0.2) is 0 Å². The van der Waals surface area contributed by atoms with Crippen molar-refractivity contribution in [1.29, 1.82) is 5.26 Å². The molecule has 2 aromatic carbocycles. The van der Waals surface area contributed by atoms with Gasteiger partial charge in [0.25, 0.3) is 5.91 Å². The van der Waals surface area contributed by atoms with E-state index in [1.54, 1.807) is 30.3 Å². The first-order valence-electron chi connectivity index (χ1n) is 7.57. The molecule has 2 rings (SSSR count). The maximum absolute atomic E-state index is 12.2. The molecule has 0 saturated heterocycles. The molecule has 0 saturated carbocycles. The van der Waals surface area contributed by atoms with Gasteiger partial charge in [-0.3, -0.25) is 4.79 Å². The van der Waals surface area contributed by atoms with E-state index in [2.05, 4.69) is 24.5 Å². The highest BCUT2D eigenvalue weighted by Gasteiger charge is 2.10. The van der Waals surface area contributed by atoms with Crippen molar-refractivity contribution in [3.63, 3.8) is 0 Å². The van der Waals surface area contributed by atoms with Gasteiger partial charge in [0.05, 0.1) is 5.69 Å². The lowest BCUT2D eigenvalue weighted by atomic mass is 10.0. The molecular weight excluding hydrogens is 302 g/mol.